The summed E-state index contributed by atoms with van der Waals surface area (Å²) in [6, 6.07) is -2.49. The van der Waals surface area contributed by atoms with Crippen LogP contribution in [0.2, 0.25) is 5.04 Å². The van der Waals surface area contributed by atoms with E-state index in [1.54, 1.807) is 0 Å². The van der Waals surface area contributed by atoms with Crippen LogP contribution in [0.4, 0.5) is 0 Å². The van der Waals surface area contributed by atoms with E-state index in [1.807, 2.05) is 0 Å². The molecule has 4 saturated carbocycles. The van der Waals surface area contributed by atoms with Gasteiger partial charge in [0.15, 0.2) is 0 Å². The summed E-state index contributed by atoms with van der Waals surface area (Å²) in [5, 5.41) is 0.173. The quantitative estimate of drug-likeness (QED) is 0.482. The van der Waals surface area contributed by atoms with Crippen molar-refractivity contribution in [3.05, 3.63) is 0 Å². The Balaban J connectivity index is 1.95. The molecule has 4 aliphatic carbocycles. The van der Waals surface area contributed by atoms with Gasteiger partial charge >= 0.3 is 6.00 Å². The molecule has 0 aromatic rings. The van der Waals surface area contributed by atoms with Gasteiger partial charge in [0, 0.05) is 5.04 Å². The standard InChI is InChI=1S/C10H15Cl3Si/c11-14(12,13)10-4-7-1-8(5-10)3-9(2-7)6-10/h7-9H,1-6H2. The highest BCUT2D eigenvalue weighted by Gasteiger charge is 2.60. The third-order valence-corrected chi connectivity index (χ3v) is 10.1. The van der Waals surface area contributed by atoms with Crippen LogP contribution in [0.5, 0.6) is 0 Å². The molecule has 80 valence electrons. The Labute approximate surface area is 100 Å². The first-order chi connectivity index (χ1) is 6.48. The number of halogens is 3. The third-order valence-electron chi connectivity index (χ3n) is 4.64. The first-order valence-corrected chi connectivity index (χ1v) is 10.6. The second kappa shape index (κ2) is 3.06. The lowest BCUT2D eigenvalue weighted by atomic mass is 9.56. The maximum atomic E-state index is 6.32. The Kier molecular flexibility index (Phi) is 2.24. The van der Waals surface area contributed by atoms with Crippen LogP contribution in [0.3, 0.4) is 0 Å². The average Bonchev–Trinajstić information content (AvgIpc) is 1.98. The summed E-state index contributed by atoms with van der Waals surface area (Å²) in [6.07, 6.45) is 7.95. The first kappa shape index (κ1) is 10.3. The van der Waals surface area contributed by atoms with E-state index in [9.17, 15) is 0 Å². The molecule has 0 radical (unpaired) electrons. The van der Waals surface area contributed by atoms with Gasteiger partial charge in [-0.1, -0.05) is 0 Å². The molecular formula is C10H15Cl3Si. The molecule has 4 rings (SSSR count). The third kappa shape index (κ3) is 1.39. The van der Waals surface area contributed by atoms with Crippen LogP contribution in [0.1, 0.15) is 38.5 Å². The van der Waals surface area contributed by atoms with Crippen molar-refractivity contribution in [2.45, 2.75) is 43.6 Å². The second-order valence-electron chi connectivity index (χ2n) is 5.70. The molecular weight excluding hydrogens is 255 g/mol. The average molecular weight is 270 g/mol. The summed E-state index contributed by atoms with van der Waals surface area (Å²) >= 11 is 19.0. The van der Waals surface area contributed by atoms with Gasteiger partial charge in [-0.3, -0.25) is 0 Å². The van der Waals surface area contributed by atoms with E-state index in [0.717, 1.165) is 17.8 Å². The highest BCUT2D eigenvalue weighted by Crippen LogP contribution is 2.69. The topological polar surface area (TPSA) is 0 Å². The van der Waals surface area contributed by atoms with Crippen molar-refractivity contribution >= 4 is 39.2 Å². The maximum Gasteiger partial charge on any atom is 0.347 e. The van der Waals surface area contributed by atoms with E-state index in [0.29, 0.717) is 0 Å². The summed E-state index contributed by atoms with van der Waals surface area (Å²) in [6.45, 7) is 0. The zero-order chi connectivity index (χ0) is 9.97. The highest BCUT2D eigenvalue weighted by atomic mass is 35.8. The molecule has 0 aromatic heterocycles. The van der Waals surface area contributed by atoms with Gasteiger partial charge in [0.2, 0.25) is 0 Å². The summed E-state index contributed by atoms with van der Waals surface area (Å²) in [5.74, 6) is 2.68. The van der Waals surface area contributed by atoms with Gasteiger partial charge in [0.25, 0.3) is 0 Å². The van der Waals surface area contributed by atoms with Crippen molar-refractivity contribution in [1.29, 1.82) is 0 Å². The van der Waals surface area contributed by atoms with Gasteiger partial charge in [-0.05, 0) is 56.3 Å². The van der Waals surface area contributed by atoms with E-state index >= 15 is 0 Å². The van der Waals surface area contributed by atoms with Gasteiger partial charge < -0.3 is 0 Å². The second-order valence-corrected chi connectivity index (χ2v) is 14.6. The molecule has 0 N–H and O–H groups in total. The van der Waals surface area contributed by atoms with Crippen molar-refractivity contribution < 1.29 is 0 Å². The largest absolute Gasteiger partial charge is 0.347 e. The Morgan fingerprint density at radius 1 is 0.786 bits per heavy atom. The molecule has 0 unspecified atom stereocenters. The predicted octanol–water partition coefficient (Wildman–Crippen LogP) is 4.61. The Morgan fingerprint density at radius 3 is 1.43 bits per heavy atom. The van der Waals surface area contributed by atoms with Crippen LogP contribution >= 0.6 is 33.2 Å². The molecule has 0 saturated heterocycles. The van der Waals surface area contributed by atoms with E-state index in [4.69, 9.17) is 33.2 Å². The molecule has 4 bridgehead atoms. The van der Waals surface area contributed by atoms with Gasteiger partial charge in [-0.2, -0.15) is 0 Å². The number of hydrogen-bond donors (Lipinski definition) is 0. The fraction of sp³-hybridized carbons (Fsp3) is 1.00. The molecule has 4 heteroatoms. The van der Waals surface area contributed by atoms with Gasteiger partial charge in [0.05, 0.1) is 0 Å². The lowest BCUT2D eigenvalue weighted by Crippen LogP contribution is -2.49. The monoisotopic (exact) mass is 268 g/mol. The molecule has 0 amide bonds. The molecule has 0 spiro atoms. The van der Waals surface area contributed by atoms with Crippen molar-refractivity contribution in [2.75, 3.05) is 0 Å². The number of rotatable bonds is 1. The van der Waals surface area contributed by atoms with E-state index in [1.165, 1.54) is 38.5 Å². The minimum Gasteiger partial charge on any atom is -0.125 e. The number of hydrogen-bond acceptors (Lipinski definition) is 0. The predicted molar refractivity (Wildman–Crippen MR) is 64.2 cm³/mol. The zero-order valence-electron chi connectivity index (χ0n) is 8.11. The van der Waals surface area contributed by atoms with Gasteiger partial charge in [-0.15, -0.1) is 33.2 Å². The van der Waals surface area contributed by atoms with Crippen LogP contribution in [0.25, 0.3) is 0 Å². The lowest BCUT2D eigenvalue weighted by Gasteiger charge is -2.58. The van der Waals surface area contributed by atoms with Crippen molar-refractivity contribution in [1.82, 2.24) is 0 Å². The normalized spacial score (nSPS) is 51.2. The molecule has 0 aliphatic heterocycles. The fourth-order valence-corrected chi connectivity index (χ4v) is 8.10. The molecule has 4 aliphatic rings. The Morgan fingerprint density at radius 2 is 1.14 bits per heavy atom. The Hall–Kier alpha value is 1.09. The van der Waals surface area contributed by atoms with Crippen LogP contribution in [-0.2, 0) is 0 Å². The summed E-state index contributed by atoms with van der Waals surface area (Å²) < 4.78 is 0. The molecule has 0 nitrogen and oxygen atoms in total. The minimum absolute atomic E-state index is 0.173. The lowest BCUT2D eigenvalue weighted by molar-refractivity contribution is 0.0282. The van der Waals surface area contributed by atoms with Crippen LogP contribution < -0.4 is 0 Å². The van der Waals surface area contributed by atoms with E-state index in [2.05, 4.69) is 0 Å². The van der Waals surface area contributed by atoms with Crippen LogP contribution in [0, 0.1) is 17.8 Å². The van der Waals surface area contributed by atoms with Crippen LogP contribution in [-0.4, -0.2) is 6.00 Å². The highest BCUT2D eigenvalue weighted by molar-refractivity contribution is 7.65. The molecule has 4 fully saturated rings. The summed E-state index contributed by atoms with van der Waals surface area (Å²) in [7, 11) is 0. The first-order valence-electron chi connectivity index (χ1n) is 5.55. The summed E-state index contributed by atoms with van der Waals surface area (Å²) in [5.41, 5.74) is 0. The molecule has 14 heavy (non-hydrogen) atoms. The van der Waals surface area contributed by atoms with Crippen molar-refractivity contribution in [2.24, 2.45) is 17.8 Å². The van der Waals surface area contributed by atoms with Crippen molar-refractivity contribution in [3.63, 3.8) is 0 Å². The van der Waals surface area contributed by atoms with Gasteiger partial charge in [-0.25, -0.2) is 0 Å². The molecule has 0 heterocycles. The maximum absolute atomic E-state index is 6.32. The Bertz CT molecular complexity index is 223. The summed E-state index contributed by atoms with van der Waals surface area (Å²) in [4.78, 5) is 0. The SMILES string of the molecule is Cl[Si](Cl)(Cl)C12CC3CC(CC(C3)C1)C2. The van der Waals surface area contributed by atoms with E-state index < -0.39 is 6.00 Å². The minimum atomic E-state index is -2.49. The van der Waals surface area contributed by atoms with Crippen LogP contribution in [0.15, 0.2) is 0 Å². The van der Waals surface area contributed by atoms with Gasteiger partial charge in [0.1, 0.15) is 0 Å². The molecule has 0 aromatic carbocycles. The van der Waals surface area contributed by atoms with Crippen molar-refractivity contribution in [3.8, 4) is 0 Å². The zero-order valence-corrected chi connectivity index (χ0v) is 11.4. The molecule has 0 atom stereocenters. The smallest absolute Gasteiger partial charge is 0.125 e. The van der Waals surface area contributed by atoms with E-state index in [-0.39, 0.29) is 5.04 Å². The fourth-order valence-electron chi connectivity index (χ4n) is 4.46.